The molecule has 4 rings (SSSR count). The fraction of sp³-hybridized carbons (Fsp3) is 0.435. The number of ether oxygens (including phenoxy) is 2. The minimum absolute atomic E-state index is 0.218. The van der Waals surface area contributed by atoms with E-state index in [1.807, 2.05) is 32.0 Å². The lowest BCUT2D eigenvalue weighted by molar-refractivity contribution is 0.0617. The van der Waals surface area contributed by atoms with Gasteiger partial charge in [-0.1, -0.05) is 0 Å². The van der Waals surface area contributed by atoms with Crippen LogP contribution >= 0.6 is 0 Å². The highest BCUT2D eigenvalue weighted by molar-refractivity contribution is 7.89. The summed E-state index contributed by atoms with van der Waals surface area (Å²) in [6, 6.07) is 11.5. The van der Waals surface area contributed by atoms with E-state index in [-0.39, 0.29) is 16.8 Å². The van der Waals surface area contributed by atoms with Crippen molar-refractivity contribution in [3.8, 4) is 11.5 Å². The monoisotopic (exact) mass is 444 g/mol. The van der Waals surface area contributed by atoms with E-state index in [2.05, 4.69) is 5.32 Å². The number of hydrogen-bond acceptors (Lipinski definition) is 5. The third-order valence-electron chi connectivity index (χ3n) is 5.80. The third kappa shape index (κ3) is 4.41. The van der Waals surface area contributed by atoms with Gasteiger partial charge in [-0.3, -0.25) is 4.79 Å². The number of rotatable bonds is 5. The van der Waals surface area contributed by atoms with Gasteiger partial charge in [0, 0.05) is 36.7 Å². The first-order valence-electron chi connectivity index (χ1n) is 10.5. The fourth-order valence-electron chi connectivity index (χ4n) is 4.18. The standard InChI is InChI=1S/C23H28N2O5S/c1-23(2)15-20(19-11-8-17(29-3)14-21(19)30-23)24-22(26)16-6-9-18(10-7-16)31(27,28)25-12-4-5-13-25/h6-11,14,20H,4-5,12-13,15H2,1-3H3,(H,24,26)/t20-/m1/s1. The molecule has 0 aromatic heterocycles. The minimum Gasteiger partial charge on any atom is -0.497 e. The highest BCUT2D eigenvalue weighted by Crippen LogP contribution is 2.41. The van der Waals surface area contributed by atoms with Gasteiger partial charge in [0.05, 0.1) is 18.0 Å². The van der Waals surface area contributed by atoms with Crippen LogP contribution < -0.4 is 14.8 Å². The molecule has 1 N–H and O–H groups in total. The van der Waals surface area contributed by atoms with Crippen LogP contribution in [-0.2, 0) is 10.0 Å². The normalized spacial score (nSPS) is 20.5. The van der Waals surface area contributed by atoms with E-state index in [1.165, 1.54) is 16.4 Å². The van der Waals surface area contributed by atoms with Crippen molar-refractivity contribution in [1.82, 2.24) is 9.62 Å². The lowest BCUT2D eigenvalue weighted by atomic mass is 9.89. The lowest BCUT2D eigenvalue weighted by Gasteiger charge is -2.38. The molecule has 0 saturated carbocycles. The number of methoxy groups -OCH3 is 1. The van der Waals surface area contributed by atoms with Crippen molar-refractivity contribution in [1.29, 1.82) is 0 Å². The van der Waals surface area contributed by atoms with Crippen LogP contribution in [0.5, 0.6) is 11.5 Å². The average Bonchev–Trinajstić information content (AvgIpc) is 3.28. The third-order valence-corrected chi connectivity index (χ3v) is 7.72. The van der Waals surface area contributed by atoms with Crippen LogP contribution in [0.1, 0.15) is 55.1 Å². The largest absolute Gasteiger partial charge is 0.497 e. The Morgan fingerprint density at radius 1 is 1.13 bits per heavy atom. The SMILES string of the molecule is COc1ccc2c(c1)OC(C)(C)C[C@H]2NC(=O)c1ccc(S(=O)(=O)N2CCCC2)cc1. The molecule has 0 unspecified atom stereocenters. The van der Waals surface area contributed by atoms with Crippen LogP contribution in [0.25, 0.3) is 0 Å². The molecular weight excluding hydrogens is 416 g/mol. The first-order valence-corrected chi connectivity index (χ1v) is 11.9. The molecule has 8 heteroatoms. The average molecular weight is 445 g/mol. The zero-order valence-corrected chi connectivity index (χ0v) is 18.9. The van der Waals surface area contributed by atoms with Gasteiger partial charge in [-0.05, 0) is 63.1 Å². The van der Waals surface area contributed by atoms with Crippen LogP contribution in [0.4, 0.5) is 0 Å². The van der Waals surface area contributed by atoms with Gasteiger partial charge in [0.25, 0.3) is 5.91 Å². The van der Waals surface area contributed by atoms with Gasteiger partial charge >= 0.3 is 0 Å². The lowest BCUT2D eigenvalue weighted by Crippen LogP contribution is -2.41. The Kier molecular flexibility index (Phi) is 5.70. The summed E-state index contributed by atoms with van der Waals surface area (Å²) in [4.78, 5) is 13.2. The quantitative estimate of drug-likeness (QED) is 0.763. The predicted octanol–water partition coefficient (Wildman–Crippen LogP) is 3.51. The van der Waals surface area contributed by atoms with Gasteiger partial charge in [-0.25, -0.2) is 8.42 Å². The summed E-state index contributed by atoms with van der Waals surface area (Å²) in [7, 11) is -1.90. The molecule has 0 aliphatic carbocycles. The second kappa shape index (κ2) is 8.16. The number of carbonyl (C=O) groups is 1. The highest BCUT2D eigenvalue weighted by Gasteiger charge is 2.35. The molecule has 1 amide bonds. The van der Waals surface area contributed by atoms with Crippen LogP contribution in [0.2, 0.25) is 0 Å². The van der Waals surface area contributed by atoms with E-state index in [0.29, 0.717) is 36.6 Å². The molecule has 0 spiro atoms. The summed E-state index contributed by atoms with van der Waals surface area (Å²) in [6.07, 6.45) is 2.38. The molecule has 0 radical (unpaired) electrons. The van der Waals surface area contributed by atoms with Crippen LogP contribution in [0.15, 0.2) is 47.4 Å². The summed E-state index contributed by atoms with van der Waals surface area (Å²) in [6.45, 7) is 5.06. The number of benzene rings is 2. The van der Waals surface area contributed by atoms with Crippen molar-refractivity contribution in [3.63, 3.8) is 0 Å². The fourth-order valence-corrected chi connectivity index (χ4v) is 5.70. The summed E-state index contributed by atoms with van der Waals surface area (Å²) in [5, 5.41) is 3.08. The smallest absolute Gasteiger partial charge is 0.251 e. The molecule has 2 aromatic carbocycles. The Hall–Kier alpha value is -2.58. The van der Waals surface area contributed by atoms with Crippen molar-refractivity contribution in [2.24, 2.45) is 0 Å². The van der Waals surface area contributed by atoms with Gasteiger partial charge in [-0.2, -0.15) is 4.31 Å². The maximum Gasteiger partial charge on any atom is 0.251 e. The molecule has 0 bridgehead atoms. The van der Waals surface area contributed by atoms with Crippen molar-refractivity contribution in [3.05, 3.63) is 53.6 Å². The molecule has 1 fully saturated rings. The van der Waals surface area contributed by atoms with Gasteiger partial charge in [0.15, 0.2) is 0 Å². The maximum absolute atomic E-state index is 12.9. The Morgan fingerprint density at radius 2 is 1.81 bits per heavy atom. The summed E-state index contributed by atoms with van der Waals surface area (Å²) >= 11 is 0. The van der Waals surface area contributed by atoms with Gasteiger partial charge in [0.1, 0.15) is 17.1 Å². The topological polar surface area (TPSA) is 84.9 Å². The molecule has 31 heavy (non-hydrogen) atoms. The van der Waals surface area contributed by atoms with E-state index in [1.54, 1.807) is 19.2 Å². The van der Waals surface area contributed by atoms with Gasteiger partial charge in [-0.15, -0.1) is 0 Å². The summed E-state index contributed by atoms with van der Waals surface area (Å²) < 4.78 is 38.3. The Labute approximate surface area is 183 Å². The molecular formula is C23H28N2O5S. The molecule has 7 nitrogen and oxygen atoms in total. The molecule has 1 saturated heterocycles. The van der Waals surface area contributed by atoms with E-state index >= 15 is 0 Å². The molecule has 2 aliphatic heterocycles. The molecule has 2 aromatic rings. The van der Waals surface area contributed by atoms with Crippen LogP contribution in [0, 0.1) is 0 Å². The van der Waals surface area contributed by atoms with E-state index in [9.17, 15) is 13.2 Å². The molecule has 1 atom stereocenters. The number of amides is 1. The Morgan fingerprint density at radius 3 is 2.45 bits per heavy atom. The second-order valence-electron chi connectivity index (χ2n) is 8.63. The number of sulfonamides is 1. The summed E-state index contributed by atoms with van der Waals surface area (Å²) in [5.41, 5.74) is 0.853. The first kappa shape index (κ1) is 21.6. The molecule has 2 heterocycles. The zero-order chi connectivity index (χ0) is 22.2. The maximum atomic E-state index is 12.9. The summed E-state index contributed by atoms with van der Waals surface area (Å²) in [5.74, 6) is 1.12. The van der Waals surface area contributed by atoms with Crippen LogP contribution in [0.3, 0.4) is 0 Å². The number of carbonyl (C=O) groups excluding carboxylic acids is 1. The van der Waals surface area contributed by atoms with Crippen LogP contribution in [-0.4, -0.2) is 44.4 Å². The van der Waals surface area contributed by atoms with E-state index in [4.69, 9.17) is 9.47 Å². The van der Waals surface area contributed by atoms with Gasteiger partial charge < -0.3 is 14.8 Å². The van der Waals surface area contributed by atoms with Crippen molar-refractivity contribution < 1.29 is 22.7 Å². The number of fused-ring (bicyclic) bond motifs is 1. The Balaban J connectivity index is 1.53. The second-order valence-corrected chi connectivity index (χ2v) is 10.6. The van der Waals surface area contributed by atoms with E-state index in [0.717, 1.165) is 18.4 Å². The predicted molar refractivity (Wildman–Crippen MR) is 117 cm³/mol. The minimum atomic E-state index is -3.50. The number of nitrogens with one attached hydrogen (secondary N) is 1. The van der Waals surface area contributed by atoms with Crippen molar-refractivity contribution in [2.45, 2.75) is 49.6 Å². The first-order chi connectivity index (χ1) is 14.7. The van der Waals surface area contributed by atoms with Crippen molar-refractivity contribution in [2.75, 3.05) is 20.2 Å². The number of nitrogens with zero attached hydrogens (tertiary/aromatic N) is 1. The highest BCUT2D eigenvalue weighted by atomic mass is 32.2. The van der Waals surface area contributed by atoms with Gasteiger partial charge in [0.2, 0.25) is 10.0 Å². The molecule has 2 aliphatic rings. The van der Waals surface area contributed by atoms with E-state index < -0.39 is 15.6 Å². The zero-order valence-electron chi connectivity index (χ0n) is 18.1. The Bertz CT molecular complexity index is 1070. The van der Waals surface area contributed by atoms with Crippen molar-refractivity contribution >= 4 is 15.9 Å². The number of hydrogen-bond donors (Lipinski definition) is 1. The molecule has 166 valence electrons.